The highest BCUT2D eigenvalue weighted by Gasteiger charge is 2.30. The van der Waals surface area contributed by atoms with Gasteiger partial charge in [-0.05, 0) is 66.1 Å². The molecular formula is C28H31FNO8P. The van der Waals surface area contributed by atoms with Crippen LogP contribution in [0.25, 0.3) is 11.1 Å². The van der Waals surface area contributed by atoms with Crippen LogP contribution < -0.4 is 9.47 Å². The number of ether oxygens (including phenoxy) is 2. The van der Waals surface area contributed by atoms with Crippen LogP contribution in [-0.2, 0) is 4.57 Å². The molecule has 3 aromatic carbocycles. The van der Waals surface area contributed by atoms with Crippen LogP contribution in [-0.4, -0.2) is 62.7 Å². The van der Waals surface area contributed by atoms with Gasteiger partial charge in [-0.15, -0.1) is 0 Å². The molecular weight excluding hydrogens is 528 g/mol. The first-order valence-electron chi connectivity index (χ1n) is 12.3. The Balaban J connectivity index is 0.000000648. The summed E-state index contributed by atoms with van der Waals surface area (Å²) in [6.45, 7) is 4.72. The van der Waals surface area contributed by atoms with Crippen LogP contribution in [0.2, 0.25) is 0 Å². The lowest BCUT2D eigenvalue weighted by atomic mass is 9.86. The van der Waals surface area contributed by atoms with Gasteiger partial charge in [0, 0.05) is 36.7 Å². The van der Waals surface area contributed by atoms with E-state index in [9.17, 15) is 14.6 Å². The Labute approximate surface area is 225 Å². The molecule has 2 aliphatic rings. The van der Waals surface area contributed by atoms with E-state index in [2.05, 4.69) is 4.90 Å². The van der Waals surface area contributed by atoms with Gasteiger partial charge in [0.15, 0.2) is 0 Å². The Bertz CT molecular complexity index is 1360. The fourth-order valence-corrected chi connectivity index (χ4v) is 4.71. The zero-order valence-corrected chi connectivity index (χ0v) is 22.2. The number of aromatic hydroxyl groups is 2. The number of alkyl halides is 1. The number of phenolic OH excluding ortho intramolecular Hbond substituents is 2. The first kappa shape index (κ1) is 28.6. The molecule has 2 heterocycles. The third-order valence-corrected chi connectivity index (χ3v) is 6.55. The summed E-state index contributed by atoms with van der Waals surface area (Å²) in [5.74, 6) is 2.01. The Morgan fingerprint density at radius 1 is 1.00 bits per heavy atom. The second kappa shape index (κ2) is 12.2. The first-order valence-corrected chi connectivity index (χ1v) is 13.9. The second-order valence-corrected chi connectivity index (χ2v) is 10.5. The molecule has 208 valence electrons. The smallest absolute Gasteiger partial charge is 0.466 e. The molecule has 11 heteroatoms. The van der Waals surface area contributed by atoms with Crippen LogP contribution in [0.15, 0.2) is 66.7 Å². The Morgan fingerprint density at radius 3 is 2.31 bits per heavy atom. The van der Waals surface area contributed by atoms with Crippen LogP contribution in [0.4, 0.5) is 4.39 Å². The minimum absolute atomic E-state index is 0.176. The van der Waals surface area contributed by atoms with Crippen molar-refractivity contribution < 1.29 is 43.3 Å². The van der Waals surface area contributed by atoms with Crippen molar-refractivity contribution in [1.82, 2.24) is 4.90 Å². The maximum absolute atomic E-state index is 12.6. The molecule has 3 aromatic rings. The molecule has 0 radical (unpaired) electrons. The molecule has 9 nitrogen and oxygen atoms in total. The van der Waals surface area contributed by atoms with E-state index in [0.717, 1.165) is 53.2 Å². The highest BCUT2D eigenvalue weighted by molar-refractivity contribution is 7.45. The lowest BCUT2D eigenvalue weighted by Crippen LogP contribution is -2.49. The highest BCUT2D eigenvalue weighted by Crippen LogP contribution is 2.47. The van der Waals surface area contributed by atoms with E-state index in [1.165, 1.54) is 0 Å². The molecule has 0 saturated carbocycles. The zero-order chi connectivity index (χ0) is 28.2. The third kappa shape index (κ3) is 7.59. The summed E-state index contributed by atoms with van der Waals surface area (Å²) in [5, 5.41) is 20.1. The lowest BCUT2D eigenvalue weighted by Gasteiger charge is -2.37. The predicted octanol–water partition coefficient (Wildman–Crippen LogP) is 4.51. The number of allylic oxidation sites excluding steroid dienone is 1. The minimum atomic E-state index is -4.64. The van der Waals surface area contributed by atoms with Crippen LogP contribution in [0.1, 0.15) is 29.7 Å². The highest BCUT2D eigenvalue weighted by atomic mass is 31.2. The third-order valence-electron chi connectivity index (χ3n) is 6.55. The number of phenols is 2. The van der Waals surface area contributed by atoms with Gasteiger partial charge < -0.3 is 34.4 Å². The molecule has 39 heavy (non-hydrogen) atoms. The van der Waals surface area contributed by atoms with E-state index in [-0.39, 0.29) is 30.2 Å². The number of likely N-dealkylation sites (tertiary alicyclic amines) is 1. The van der Waals surface area contributed by atoms with E-state index in [0.29, 0.717) is 12.4 Å². The molecule has 1 unspecified atom stereocenters. The summed E-state index contributed by atoms with van der Waals surface area (Å²) in [4.78, 5) is 23.8. The van der Waals surface area contributed by atoms with E-state index in [1.807, 2.05) is 43.3 Å². The van der Waals surface area contributed by atoms with Crippen LogP contribution in [0.3, 0.4) is 0 Å². The maximum atomic E-state index is 12.6. The minimum Gasteiger partial charge on any atom is -0.508 e. The standard InChI is InChI=1S/C28H28FNO4.H3O4P/c1-18-25-14-23(32)7-10-26(25)34-28(27(18)21-3-2-4-22(31)13-21)20-5-8-24(9-6-20)33-12-11-30-16-19(15-29)17-30;1-5(2,3)4/h2-10,13-14,19,28,31-32H,11-12,15-17H2,1H3;(H3,1,2,3,4). The Hall–Kier alpha value is -3.40. The van der Waals surface area contributed by atoms with Crippen molar-refractivity contribution in [1.29, 1.82) is 0 Å². The Kier molecular flexibility index (Phi) is 8.94. The topological polar surface area (TPSA) is 140 Å². The van der Waals surface area contributed by atoms with Gasteiger partial charge in [0.25, 0.3) is 0 Å². The number of nitrogens with zero attached hydrogens (tertiary/aromatic N) is 1. The normalized spacial score (nSPS) is 17.4. The molecule has 5 N–H and O–H groups in total. The quantitative estimate of drug-likeness (QED) is 0.265. The van der Waals surface area contributed by atoms with Crippen molar-refractivity contribution >= 4 is 19.0 Å². The maximum Gasteiger partial charge on any atom is 0.466 e. The van der Waals surface area contributed by atoms with Crippen molar-refractivity contribution in [2.45, 2.75) is 13.0 Å². The van der Waals surface area contributed by atoms with Gasteiger partial charge in [-0.2, -0.15) is 0 Å². The van der Waals surface area contributed by atoms with Crippen molar-refractivity contribution in [2.24, 2.45) is 5.92 Å². The molecule has 0 spiro atoms. The molecule has 0 aromatic heterocycles. The predicted molar refractivity (Wildman–Crippen MR) is 144 cm³/mol. The molecule has 1 fully saturated rings. The monoisotopic (exact) mass is 559 g/mol. The van der Waals surface area contributed by atoms with E-state index in [4.69, 9.17) is 28.7 Å². The van der Waals surface area contributed by atoms with Gasteiger partial charge >= 0.3 is 7.82 Å². The number of hydrogen-bond acceptors (Lipinski definition) is 6. The van der Waals surface area contributed by atoms with Gasteiger partial charge in [-0.1, -0.05) is 24.3 Å². The molecule has 1 saturated heterocycles. The average molecular weight is 560 g/mol. The Morgan fingerprint density at radius 2 is 1.67 bits per heavy atom. The molecule has 1 atom stereocenters. The number of hydrogen-bond donors (Lipinski definition) is 5. The number of fused-ring (bicyclic) bond motifs is 1. The zero-order valence-electron chi connectivity index (χ0n) is 21.3. The number of phosphoric acid groups is 1. The fraction of sp³-hybridized carbons (Fsp3) is 0.286. The van der Waals surface area contributed by atoms with E-state index >= 15 is 0 Å². The van der Waals surface area contributed by atoms with Crippen molar-refractivity contribution in [3.8, 4) is 23.0 Å². The summed E-state index contributed by atoms with van der Waals surface area (Å²) in [7, 11) is -4.64. The lowest BCUT2D eigenvalue weighted by molar-refractivity contribution is 0.0668. The summed E-state index contributed by atoms with van der Waals surface area (Å²) in [5.41, 5.74) is 4.56. The van der Waals surface area contributed by atoms with E-state index < -0.39 is 7.82 Å². The second-order valence-electron chi connectivity index (χ2n) is 9.48. The van der Waals surface area contributed by atoms with Gasteiger partial charge in [0.1, 0.15) is 35.7 Å². The first-order chi connectivity index (χ1) is 18.5. The van der Waals surface area contributed by atoms with Crippen molar-refractivity contribution in [3.05, 3.63) is 83.4 Å². The fourth-order valence-electron chi connectivity index (χ4n) is 4.71. The number of rotatable bonds is 7. The molecule has 5 rings (SSSR count). The molecule has 0 aliphatic carbocycles. The summed E-state index contributed by atoms with van der Waals surface area (Å²) >= 11 is 0. The van der Waals surface area contributed by atoms with Crippen molar-refractivity contribution in [3.63, 3.8) is 0 Å². The average Bonchev–Trinajstić information content (AvgIpc) is 2.85. The summed E-state index contributed by atoms with van der Waals surface area (Å²) in [6, 6.07) is 20.1. The molecule has 2 aliphatic heterocycles. The van der Waals surface area contributed by atoms with Gasteiger partial charge in [0.05, 0.1) is 6.67 Å². The summed E-state index contributed by atoms with van der Waals surface area (Å²) < 4.78 is 33.8. The van der Waals surface area contributed by atoms with Crippen LogP contribution >= 0.6 is 7.82 Å². The molecule has 0 bridgehead atoms. The van der Waals surface area contributed by atoms with E-state index in [1.54, 1.807) is 30.3 Å². The van der Waals surface area contributed by atoms with Gasteiger partial charge in [-0.3, -0.25) is 9.29 Å². The largest absolute Gasteiger partial charge is 0.508 e. The summed E-state index contributed by atoms with van der Waals surface area (Å²) in [6.07, 6.45) is -0.383. The van der Waals surface area contributed by atoms with Gasteiger partial charge in [-0.25, -0.2) is 4.57 Å². The van der Waals surface area contributed by atoms with Crippen molar-refractivity contribution in [2.75, 3.05) is 32.9 Å². The SMILES string of the molecule is CC1=C(c2cccc(O)c2)C(c2ccc(OCCN3CC(CF)C3)cc2)Oc2ccc(O)cc21.O=P(O)(O)O. The van der Waals surface area contributed by atoms with Crippen LogP contribution in [0.5, 0.6) is 23.0 Å². The van der Waals surface area contributed by atoms with Crippen LogP contribution in [0, 0.1) is 5.92 Å². The van der Waals surface area contributed by atoms with Gasteiger partial charge in [0.2, 0.25) is 0 Å². The number of benzene rings is 3. The number of halogens is 1. The molecule has 0 amide bonds.